The molecule has 0 amide bonds. The van der Waals surface area contributed by atoms with Gasteiger partial charge in [0.1, 0.15) is 17.4 Å². The maximum Gasteiger partial charge on any atom is 0.341 e. The van der Waals surface area contributed by atoms with E-state index in [4.69, 9.17) is 15.7 Å². The van der Waals surface area contributed by atoms with E-state index in [1.807, 2.05) is 13.0 Å². The molecule has 1 aromatic rings. The zero-order valence-electron chi connectivity index (χ0n) is 9.77. The van der Waals surface area contributed by atoms with E-state index in [9.17, 15) is 4.79 Å². The molecule has 90 valence electrons. The fourth-order valence-corrected chi connectivity index (χ4v) is 1.27. The highest BCUT2D eigenvalue weighted by Gasteiger charge is 2.16. The number of anilines is 1. The SMILES string of the molecule is CCC(C#N)Oc1cc(N)ccc1C(=O)OC. The zero-order chi connectivity index (χ0) is 12.8. The normalized spacial score (nSPS) is 11.4. The van der Waals surface area contributed by atoms with E-state index in [0.717, 1.165) is 0 Å². The van der Waals surface area contributed by atoms with Gasteiger partial charge in [0, 0.05) is 11.8 Å². The van der Waals surface area contributed by atoms with Crippen LogP contribution in [0.1, 0.15) is 23.7 Å². The van der Waals surface area contributed by atoms with Gasteiger partial charge in [-0.1, -0.05) is 6.92 Å². The van der Waals surface area contributed by atoms with Crippen molar-refractivity contribution in [1.82, 2.24) is 0 Å². The number of benzene rings is 1. The van der Waals surface area contributed by atoms with Gasteiger partial charge < -0.3 is 15.2 Å². The Balaban J connectivity index is 3.07. The van der Waals surface area contributed by atoms with E-state index >= 15 is 0 Å². The van der Waals surface area contributed by atoms with Gasteiger partial charge in [-0.15, -0.1) is 0 Å². The first kappa shape index (κ1) is 12.8. The van der Waals surface area contributed by atoms with Crippen molar-refractivity contribution in [3.8, 4) is 11.8 Å². The lowest BCUT2D eigenvalue weighted by atomic mass is 10.1. The average molecular weight is 234 g/mol. The number of methoxy groups -OCH3 is 1. The minimum atomic E-state index is -0.611. The number of carbonyl (C=O) groups is 1. The first-order valence-corrected chi connectivity index (χ1v) is 5.16. The summed E-state index contributed by atoms with van der Waals surface area (Å²) in [4.78, 5) is 11.5. The number of ether oxygens (including phenoxy) is 2. The number of carbonyl (C=O) groups excluding carboxylic acids is 1. The summed E-state index contributed by atoms with van der Waals surface area (Å²) in [7, 11) is 1.28. The van der Waals surface area contributed by atoms with E-state index in [1.54, 1.807) is 6.07 Å². The van der Waals surface area contributed by atoms with E-state index in [1.165, 1.54) is 19.2 Å². The number of hydrogen-bond acceptors (Lipinski definition) is 5. The fourth-order valence-electron chi connectivity index (χ4n) is 1.27. The zero-order valence-corrected chi connectivity index (χ0v) is 9.77. The molecule has 0 aromatic heterocycles. The molecule has 0 saturated heterocycles. The molecule has 0 heterocycles. The molecule has 0 aliphatic carbocycles. The minimum absolute atomic E-state index is 0.260. The molecule has 1 atom stereocenters. The van der Waals surface area contributed by atoms with Gasteiger partial charge >= 0.3 is 5.97 Å². The third-order valence-corrected chi connectivity index (χ3v) is 2.19. The fraction of sp³-hybridized carbons (Fsp3) is 0.333. The highest BCUT2D eigenvalue weighted by Crippen LogP contribution is 2.24. The van der Waals surface area contributed by atoms with Crippen molar-refractivity contribution < 1.29 is 14.3 Å². The largest absolute Gasteiger partial charge is 0.475 e. The Morgan fingerprint density at radius 3 is 2.82 bits per heavy atom. The van der Waals surface area contributed by atoms with E-state index in [-0.39, 0.29) is 11.3 Å². The molecule has 17 heavy (non-hydrogen) atoms. The number of nitrogen functional groups attached to an aromatic ring is 1. The van der Waals surface area contributed by atoms with Crippen molar-refractivity contribution in [3.05, 3.63) is 23.8 Å². The number of hydrogen-bond donors (Lipinski definition) is 1. The van der Waals surface area contributed by atoms with Crippen LogP contribution in [-0.4, -0.2) is 19.2 Å². The number of rotatable bonds is 4. The van der Waals surface area contributed by atoms with Gasteiger partial charge in [-0.05, 0) is 18.6 Å². The number of nitrogens with two attached hydrogens (primary N) is 1. The highest BCUT2D eigenvalue weighted by molar-refractivity contribution is 5.93. The average Bonchev–Trinajstić information content (AvgIpc) is 2.35. The molecular formula is C12H14N2O3. The lowest BCUT2D eigenvalue weighted by Gasteiger charge is -2.13. The summed E-state index contributed by atoms with van der Waals surface area (Å²) in [6, 6.07) is 6.59. The van der Waals surface area contributed by atoms with Gasteiger partial charge in [0.15, 0.2) is 6.10 Å². The minimum Gasteiger partial charge on any atom is -0.475 e. The van der Waals surface area contributed by atoms with Crippen LogP contribution in [-0.2, 0) is 4.74 Å². The molecule has 0 saturated carbocycles. The molecule has 2 N–H and O–H groups in total. The number of nitriles is 1. The molecule has 1 unspecified atom stereocenters. The molecule has 5 heteroatoms. The molecule has 1 rings (SSSR count). The first-order valence-electron chi connectivity index (χ1n) is 5.16. The number of nitrogens with zero attached hydrogens (tertiary/aromatic N) is 1. The summed E-state index contributed by atoms with van der Waals surface area (Å²) in [5.41, 5.74) is 6.33. The van der Waals surface area contributed by atoms with Crippen molar-refractivity contribution in [3.63, 3.8) is 0 Å². The van der Waals surface area contributed by atoms with Crippen LogP contribution >= 0.6 is 0 Å². The topological polar surface area (TPSA) is 85.3 Å². The van der Waals surface area contributed by atoms with Crippen LogP contribution in [0.15, 0.2) is 18.2 Å². The van der Waals surface area contributed by atoms with Gasteiger partial charge in [-0.25, -0.2) is 4.79 Å². The van der Waals surface area contributed by atoms with Crippen molar-refractivity contribution >= 4 is 11.7 Å². The third-order valence-electron chi connectivity index (χ3n) is 2.19. The molecule has 0 fully saturated rings. The standard InChI is InChI=1S/C12H14N2O3/c1-3-9(7-13)17-11-6-8(14)4-5-10(11)12(15)16-2/h4-6,9H,3,14H2,1-2H3. The Morgan fingerprint density at radius 2 is 2.29 bits per heavy atom. The Morgan fingerprint density at radius 1 is 1.59 bits per heavy atom. The van der Waals surface area contributed by atoms with E-state index in [2.05, 4.69) is 4.74 Å². The maximum absolute atomic E-state index is 11.5. The second-order valence-corrected chi connectivity index (χ2v) is 3.39. The maximum atomic E-state index is 11.5. The van der Waals surface area contributed by atoms with Crippen LogP contribution in [0.2, 0.25) is 0 Å². The monoisotopic (exact) mass is 234 g/mol. The van der Waals surface area contributed by atoms with Gasteiger partial charge in [-0.2, -0.15) is 5.26 Å². The Hall–Kier alpha value is -2.22. The molecule has 0 bridgehead atoms. The van der Waals surface area contributed by atoms with E-state index in [0.29, 0.717) is 12.1 Å². The van der Waals surface area contributed by atoms with Gasteiger partial charge in [0.25, 0.3) is 0 Å². The van der Waals surface area contributed by atoms with Gasteiger partial charge in [0.2, 0.25) is 0 Å². The third kappa shape index (κ3) is 3.11. The molecule has 1 aromatic carbocycles. The van der Waals surface area contributed by atoms with Crippen molar-refractivity contribution in [2.75, 3.05) is 12.8 Å². The first-order chi connectivity index (χ1) is 8.12. The van der Waals surface area contributed by atoms with Crippen LogP contribution in [0.25, 0.3) is 0 Å². The van der Waals surface area contributed by atoms with Crippen LogP contribution in [0.5, 0.6) is 5.75 Å². The predicted molar refractivity (Wildman–Crippen MR) is 62.5 cm³/mol. The van der Waals surface area contributed by atoms with Crippen molar-refractivity contribution in [2.24, 2.45) is 0 Å². The van der Waals surface area contributed by atoms with Crippen molar-refractivity contribution in [2.45, 2.75) is 19.4 Å². The van der Waals surface area contributed by atoms with Crippen LogP contribution < -0.4 is 10.5 Å². The summed E-state index contributed by atoms with van der Waals surface area (Å²) < 4.78 is 10.0. The highest BCUT2D eigenvalue weighted by atomic mass is 16.5. The molecule has 0 aliphatic heterocycles. The Kier molecular flexibility index (Phi) is 4.35. The van der Waals surface area contributed by atoms with Crippen LogP contribution in [0.4, 0.5) is 5.69 Å². The smallest absolute Gasteiger partial charge is 0.341 e. The summed E-state index contributed by atoms with van der Waals surface area (Å²) in [5.74, 6) is -0.252. The molecule has 0 aliphatic rings. The molecule has 5 nitrogen and oxygen atoms in total. The summed E-state index contributed by atoms with van der Waals surface area (Å²) in [6.45, 7) is 1.82. The summed E-state index contributed by atoms with van der Waals surface area (Å²) in [5, 5.41) is 8.82. The van der Waals surface area contributed by atoms with Crippen molar-refractivity contribution in [1.29, 1.82) is 5.26 Å². The van der Waals surface area contributed by atoms with Gasteiger partial charge in [0.05, 0.1) is 7.11 Å². The Labute approximate surface area is 99.7 Å². The quantitative estimate of drug-likeness (QED) is 0.633. The molecular weight excluding hydrogens is 220 g/mol. The van der Waals surface area contributed by atoms with E-state index < -0.39 is 12.1 Å². The predicted octanol–water partition coefficient (Wildman–Crippen LogP) is 1.74. The molecule has 0 spiro atoms. The lowest BCUT2D eigenvalue weighted by Crippen LogP contribution is -2.15. The van der Waals surface area contributed by atoms with Crippen LogP contribution in [0.3, 0.4) is 0 Å². The summed E-state index contributed by atoms with van der Waals surface area (Å²) in [6.07, 6.45) is -0.0912. The second kappa shape index (κ2) is 5.75. The van der Waals surface area contributed by atoms with Gasteiger partial charge in [-0.3, -0.25) is 0 Å². The number of esters is 1. The summed E-state index contributed by atoms with van der Waals surface area (Å²) >= 11 is 0. The second-order valence-electron chi connectivity index (χ2n) is 3.39. The van der Waals surface area contributed by atoms with Crippen LogP contribution in [0, 0.1) is 11.3 Å². The Bertz CT molecular complexity index is 452. The molecule has 0 radical (unpaired) electrons. The lowest BCUT2D eigenvalue weighted by molar-refractivity contribution is 0.0594.